The number of benzene rings is 4. The molecule has 4 amide bonds. The monoisotopic (exact) mass is 528 g/mol. The number of anilines is 4. The Morgan fingerprint density at radius 2 is 0.846 bits per heavy atom. The Hall–Kier alpha value is -4.72. The van der Waals surface area contributed by atoms with E-state index in [0.29, 0.717) is 17.8 Å². The van der Waals surface area contributed by atoms with Gasteiger partial charge in [-0.1, -0.05) is 24.3 Å². The van der Waals surface area contributed by atoms with Gasteiger partial charge in [0.05, 0.1) is 0 Å². The molecule has 0 saturated carbocycles. The maximum atomic E-state index is 13.1. The summed E-state index contributed by atoms with van der Waals surface area (Å²) >= 11 is 0. The van der Waals surface area contributed by atoms with Gasteiger partial charge in [-0.3, -0.25) is 0 Å². The molecule has 6 nitrogen and oxygen atoms in total. The summed E-state index contributed by atoms with van der Waals surface area (Å²) in [4.78, 5) is 25.0. The lowest BCUT2D eigenvalue weighted by Crippen LogP contribution is -2.21. The Morgan fingerprint density at radius 3 is 1.15 bits per heavy atom. The first-order valence-corrected chi connectivity index (χ1v) is 12.4. The summed E-state index contributed by atoms with van der Waals surface area (Å²) in [6, 6.07) is 18.5. The molecule has 0 heterocycles. The average Bonchev–Trinajstić information content (AvgIpc) is 2.86. The van der Waals surface area contributed by atoms with Crippen LogP contribution in [0.4, 0.5) is 41.1 Å². The quantitative estimate of drug-likeness (QED) is 0.204. The zero-order valence-electron chi connectivity index (χ0n) is 22.2. The highest BCUT2D eigenvalue weighted by atomic mass is 19.1. The van der Waals surface area contributed by atoms with Crippen LogP contribution in [0.15, 0.2) is 72.8 Å². The van der Waals surface area contributed by atoms with Crippen LogP contribution in [-0.2, 0) is 6.42 Å². The fourth-order valence-electron chi connectivity index (χ4n) is 4.56. The summed E-state index contributed by atoms with van der Waals surface area (Å²) in [6.45, 7) is 7.75. The van der Waals surface area contributed by atoms with E-state index in [1.54, 1.807) is 0 Å². The third-order valence-corrected chi connectivity index (χ3v) is 6.27. The Bertz CT molecular complexity index is 1360. The fourth-order valence-corrected chi connectivity index (χ4v) is 4.56. The molecule has 0 aliphatic rings. The molecule has 0 aromatic heterocycles. The van der Waals surface area contributed by atoms with E-state index in [1.807, 2.05) is 52.0 Å². The number of hydrogen-bond acceptors (Lipinski definition) is 2. The van der Waals surface area contributed by atoms with Crippen LogP contribution in [0.25, 0.3) is 0 Å². The van der Waals surface area contributed by atoms with Crippen LogP contribution in [0.5, 0.6) is 0 Å². The second-order valence-electron chi connectivity index (χ2n) is 9.56. The molecule has 0 atom stereocenters. The molecule has 0 spiro atoms. The van der Waals surface area contributed by atoms with Gasteiger partial charge in [0.15, 0.2) is 0 Å². The van der Waals surface area contributed by atoms with Gasteiger partial charge in [0.2, 0.25) is 0 Å². The topological polar surface area (TPSA) is 82.3 Å². The number of hydrogen-bond donors (Lipinski definition) is 4. The Kier molecular flexibility index (Phi) is 8.24. The molecule has 4 aromatic rings. The molecule has 4 rings (SSSR count). The van der Waals surface area contributed by atoms with Crippen molar-refractivity contribution >= 4 is 34.8 Å². The van der Waals surface area contributed by atoms with Crippen LogP contribution in [0.1, 0.15) is 33.4 Å². The zero-order chi connectivity index (χ0) is 28.1. The van der Waals surface area contributed by atoms with E-state index >= 15 is 0 Å². The lowest BCUT2D eigenvalue weighted by Gasteiger charge is -2.17. The van der Waals surface area contributed by atoms with Crippen LogP contribution in [-0.4, -0.2) is 12.1 Å². The van der Waals surface area contributed by atoms with Gasteiger partial charge in [0.25, 0.3) is 0 Å². The van der Waals surface area contributed by atoms with Crippen molar-refractivity contribution in [2.75, 3.05) is 21.3 Å². The fraction of sp³-hybridized carbons (Fsp3) is 0.161. The molecule has 0 saturated heterocycles. The Labute approximate surface area is 226 Å². The maximum Gasteiger partial charge on any atom is 0.323 e. The second-order valence-corrected chi connectivity index (χ2v) is 9.56. The smallest absolute Gasteiger partial charge is 0.308 e. The van der Waals surface area contributed by atoms with E-state index in [9.17, 15) is 18.4 Å². The van der Waals surface area contributed by atoms with Crippen molar-refractivity contribution < 1.29 is 18.4 Å². The van der Waals surface area contributed by atoms with Gasteiger partial charge in [-0.15, -0.1) is 0 Å². The molecule has 200 valence electrons. The molecule has 0 bridgehead atoms. The molecule has 4 aromatic carbocycles. The number of carbonyl (C=O) groups excluding carboxylic acids is 2. The van der Waals surface area contributed by atoms with Crippen molar-refractivity contribution in [3.05, 3.63) is 118 Å². The van der Waals surface area contributed by atoms with Crippen molar-refractivity contribution in [3.63, 3.8) is 0 Å². The van der Waals surface area contributed by atoms with Crippen LogP contribution >= 0.6 is 0 Å². The first-order valence-electron chi connectivity index (χ1n) is 12.4. The lowest BCUT2D eigenvalue weighted by atomic mass is 9.96. The van der Waals surface area contributed by atoms with Crippen LogP contribution in [0, 0.1) is 39.3 Å². The summed E-state index contributed by atoms with van der Waals surface area (Å²) in [5.74, 6) is -0.737. The van der Waals surface area contributed by atoms with Crippen molar-refractivity contribution in [3.8, 4) is 0 Å². The molecule has 0 aliphatic carbocycles. The maximum absolute atomic E-state index is 13.1. The highest BCUT2D eigenvalue weighted by Crippen LogP contribution is 2.27. The van der Waals surface area contributed by atoms with E-state index in [4.69, 9.17) is 0 Å². The summed E-state index contributed by atoms with van der Waals surface area (Å²) in [5.41, 5.74) is 8.29. The average molecular weight is 529 g/mol. The van der Waals surface area contributed by atoms with Gasteiger partial charge in [-0.25, -0.2) is 18.4 Å². The van der Waals surface area contributed by atoms with Gasteiger partial charge in [0.1, 0.15) is 11.6 Å². The first kappa shape index (κ1) is 27.3. The highest BCUT2D eigenvalue weighted by molar-refractivity contribution is 6.01. The minimum absolute atomic E-state index is 0.369. The van der Waals surface area contributed by atoms with Crippen LogP contribution < -0.4 is 21.3 Å². The molecular formula is C31H30F2N4O2. The number of aryl methyl sites for hydroxylation is 4. The lowest BCUT2D eigenvalue weighted by molar-refractivity contribution is 0.261. The molecule has 0 radical (unpaired) electrons. The van der Waals surface area contributed by atoms with Gasteiger partial charge < -0.3 is 21.3 Å². The van der Waals surface area contributed by atoms with Crippen molar-refractivity contribution in [2.45, 2.75) is 34.1 Å². The third-order valence-electron chi connectivity index (χ3n) is 6.27. The first-order chi connectivity index (χ1) is 18.6. The molecule has 8 heteroatoms. The number of halogens is 2. The number of nitrogens with one attached hydrogen (secondary N) is 4. The molecule has 39 heavy (non-hydrogen) atoms. The predicted octanol–water partition coefficient (Wildman–Crippen LogP) is 8.08. The highest BCUT2D eigenvalue weighted by Gasteiger charge is 2.13. The minimum atomic E-state index is -0.404. The third kappa shape index (κ3) is 7.19. The minimum Gasteiger partial charge on any atom is -0.308 e. The number of carbonyl (C=O) groups is 2. The van der Waals surface area contributed by atoms with Crippen molar-refractivity contribution in [2.24, 2.45) is 0 Å². The van der Waals surface area contributed by atoms with E-state index in [-0.39, 0.29) is 11.6 Å². The Morgan fingerprint density at radius 1 is 0.538 bits per heavy atom. The van der Waals surface area contributed by atoms with E-state index in [1.165, 1.54) is 48.5 Å². The van der Waals surface area contributed by atoms with Gasteiger partial charge >= 0.3 is 12.1 Å². The standard InChI is InChI=1S/C31H30F2N4O2/c1-18-13-22(14-19(2)28(18)36-30(38)34-26-9-5-24(32)6-10-26)17-23-15-20(3)29(21(4)16-23)37-31(39)35-27-11-7-25(33)8-12-27/h5-16H,17H2,1-4H3,(H2,34,36,38)(H2,35,37,39). The van der Waals surface area contributed by atoms with Crippen molar-refractivity contribution in [1.29, 1.82) is 0 Å². The number of rotatable bonds is 6. The van der Waals surface area contributed by atoms with Crippen LogP contribution in [0.2, 0.25) is 0 Å². The Balaban J connectivity index is 1.42. The van der Waals surface area contributed by atoms with Crippen molar-refractivity contribution in [1.82, 2.24) is 0 Å². The van der Waals surface area contributed by atoms with E-state index in [0.717, 1.165) is 44.8 Å². The molecule has 0 fully saturated rings. The van der Waals surface area contributed by atoms with Crippen LogP contribution in [0.3, 0.4) is 0 Å². The predicted molar refractivity (Wildman–Crippen MR) is 153 cm³/mol. The van der Waals surface area contributed by atoms with Gasteiger partial charge in [-0.2, -0.15) is 0 Å². The van der Waals surface area contributed by atoms with E-state index in [2.05, 4.69) is 21.3 Å². The molecule has 0 unspecified atom stereocenters. The molecule has 0 aliphatic heterocycles. The van der Waals surface area contributed by atoms with E-state index < -0.39 is 12.1 Å². The molecular weight excluding hydrogens is 498 g/mol. The summed E-state index contributed by atoms with van der Waals surface area (Å²) in [5, 5.41) is 11.2. The number of amides is 4. The second kappa shape index (κ2) is 11.8. The summed E-state index contributed by atoms with van der Waals surface area (Å²) < 4.78 is 26.2. The normalized spacial score (nSPS) is 10.6. The number of urea groups is 2. The largest absolute Gasteiger partial charge is 0.323 e. The summed E-state index contributed by atoms with van der Waals surface area (Å²) in [7, 11) is 0. The SMILES string of the molecule is Cc1cc(Cc2cc(C)c(NC(=O)Nc3ccc(F)cc3)c(C)c2)cc(C)c1NC(=O)Nc1ccc(F)cc1. The molecule has 4 N–H and O–H groups in total. The van der Waals surface area contributed by atoms with Gasteiger partial charge in [-0.05, 0) is 116 Å². The zero-order valence-corrected chi connectivity index (χ0v) is 22.2. The summed E-state index contributed by atoms with van der Waals surface area (Å²) in [6.07, 6.45) is 0.674. The van der Waals surface area contributed by atoms with Gasteiger partial charge in [0, 0.05) is 22.7 Å².